The number of oxazole rings is 1. The van der Waals surface area contributed by atoms with Crippen molar-refractivity contribution in [3.8, 4) is 5.75 Å². The molecule has 0 spiro atoms. The van der Waals surface area contributed by atoms with Gasteiger partial charge in [0.15, 0.2) is 12.3 Å². The largest absolute Gasteiger partial charge is 0.482 e. The smallest absolute Gasteiger partial charge is 0.273 e. The number of amides is 1. The van der Waals surface area contributed by atoms with E-state index in [1.54, 1.807) is 6.92 Å². The fourth-order valence-electron chi connectivity index (χ4n) is 1.53. The Hall–Kier alpha value is -2.34. The summed E-state index contributed by atoms with van der Waals surface area (Å²) in [7, 11) is 0. The van der Waals surface area contributed by atoms with Gasteiger partial charge in [-0.2, -0.15) is 0 Å². The molecule has 2 rings (SSSR count). The molecule has 0 aliphatic rings. The quantitative estimate of drug-likeness (QED) is 0.828. The third kappa shape index (κ3) is 4.33. The van der Waals surface area contributed by atoms with Crippen molar-refractivity contribution >= 4 is 17.5 Å². The summed E-state index contributed by atoms with van der Waals surface area (Å²) in [5, 5.41) is 2.78. The van der Waals surface area contributed by atoms with Crippen LogP contribution in [0, 0.1) is 5.82 Å². The van der Waals surface area contributed by atoms with Crippen LogP contribution in [-0.4, -0.2) is 17.4 Å². The summed E-state index contributed by atoms with van der Waals surface area (Å²) in [5.74, 6) is -0.307. The number of ether oxygens (including phenoxy) is 1. The number of rotatable bonds is 6. The molecule has 0 atom stereocenters. The normalized spacial score (nSPS) is 10.3. The highest BCUT2D eigenvalue weighted by molar-refractivity contribution is 6.32. The number of nitrogens with one attached hydrogen (secondary N) is 1. The lowest BCUT2D eigenvalue weighted by Gasteiger charge is -2.05. The minimum Gasteiger partial charge on any atom is -0.482 e. The molecule has 0 saturated carbocycles. The predicted molar refractivity (Wildman–Crippen MR) is 79.4 cm³/mol. The van der Waals surface area contributed by atoms with Crippen LogP contribution in [0.4, 0.5) is 4.39 Å². The van der Waals surface area contributed by atoms with E-state index in [1.165, 1.54) is 18.4 Å². The summed E-state index contributed by atoms with van der Waals surface area (Å²) in [6.07, 6.45) is 1.23. The molecule has 2 aromatic rings. The van der Waals surface area contributed by atoms with Crippen molar-refractivity contribution in [3.05, 3.63) is 59.0 Å². The van der Waals surface area contributed by atoms with E-state index in [4.69, 9.17) is 20.8 Å². The van der Waals surface area contributed by atoms with Crippen LogP contribution in [0.1, 0.15) is 23.3 Å². The van der Waals surface area contributed by atoms with Crippen molar-refractivity contribution in [2.24, 2.45) is 0 Å². The second kappa shape index (κ2) is 7.09. The molecule has 22 heavy (non-hydrogen) atoms. The predicted octanol–water partition coefficient (Wildman–Crippen LogP) is 3.35. The average Bonchev–Trinajstić information content (AvgIpc) is 2.92. The maximum absolute atomic E-state index is 12.9. The van der Waals surface area contributed by atoms with Gasteiger partial charge in [-0.15, -0.1) is 0 Å². The van der Waals surface area contributed by atoms with Crippen LogP contribution in [0.5, 0.6) is 5.75 Å². The van der Waals surface area contributed by atoms with E-state index in [-0.39, 0.29) is 29.1 Å². The van der Waals surface area contributed by atoms with Gasteiger partial charge in [-0.3, -0.25) is 4.79 Å². The number of nitrogens with zero attached hydrogens (tertiary/aromatic N) is 1. The summed E-state index contributed by atoms with van der Waals surface area (Å²) < 4.78 is 23.4. The first-order valence-electron chi connectivity index (χ1n) is 6.40. The Balaban J connectivity index is 1.94. The highest BCUT2D eigenvalue weighted by atomic mass is 35.5. The zero-order valence-corrected chi connectivity index (χ0v) is 12.6. The summed E-state index contributed by atoms with van der Waals surface area (Å²) in [6, 6.07) is 3.78. The molecule has 5 nitrogen and oxygen atoms in total. The lowest BCUT2D eigenvalue weighted by Crippen LogP contribution is -2.25. The number of carbonyl (C=O) groups is 1. The summed E-state index contributed by atoms with van der Waals surface area (Å²) in [6.45, 7) is 5.82. The Bertz CT molecular complexity index is 700. The number of hydrogen-bond donors (Lipinski definition) is 1. The van der Waals surface area contributed by atoms with Crippen LogP contribution < -0.4 is 10.1 Å². The SMILES string of the molecule is C=C(C)CNC(=O)c1coc(COc2ccc(F)cc2Cl)n1. The van der Waals surface area contributed by atoms with Crippen molar-refractivity contribution in [3.63, 3.8) is 0 Å². The molecule has 0 bridgehead atoms. The molecule has 1 aromatic carbocycles. The molecule has 1 aromatic heterocycles. The highest BCUT2D eigenvalue weighted by Crippen LogP contribution is 2.25. The molecule has 0 saturated heterocycles. The van der Waals surface area contributed by atoms with Gasteiger partial charge in [0.05, 0.1) is 5.02 Å². The Kier molecular flexibility index (Phi) is 5.16. The van der Waals surface area contributed by atoms with Gasteiger partial charge in [0.1, 0.15) is 17.8 Å². The molecule has 0 aliphatic heterocycles. The standard InChI is InChI=1S/C15H14ClFN2O3/c1-9(2)6-18-15(20)12-7-22-14(19-12)8-21-13-4-3-10(17)5-11(13)16/h3-5,7H,1,6,8H2,2H3,(H,18,20). The Labute approximate surface area is 131 Å². The number of carbonyl (C=O) groups excluding carboxylic acids is 1. The molecular formula is C15H14ClFN2O3. The molecule has 7 heteroatoms. The zero-order valence-electron chi connectivity index (χ0n) is 11.9. The zero-order chi connectivity index (χ0) is 16.1. The Morgan fingerprint density at radius 2 is 2.32 bits per heavy atom. The second-order valence-corrected chi connectivity index (χ2v) is 5.04. The van der Waals surface area contributed by atoms with Crippen LogP contribution in [-0.2, 0) is 6.61 Å². The summed E-state index contributed by atoms with van der Waals surface area (Å²) in [5.41, 5.74) is 0.969. The fraction of sp³-hybridized carbons (Fsp3) is 0.200. The molecule has 0 unspecified atom stereocenters. The molecule has 0 fully saturated rings. The topological polar surface area (TPSA) is 64.4 Å². The van der Waals surface area contributed by atoms with Gasteiger partial charge < -0.3 is 14.5 Å². The first-order valence-corrected chi connectivity index (χ1v) is 6.78. The van der Waals surface area contributed by atoms with Gasteiger partial charge in [-0.25, -0.2) is 9.37 Å². The Morgan fingerprint density at radius 1 is 1.55 bits per heavy atom. The third-order valence-electron chi connectivity index (χ3n) is 2.58. The van der Waals surface area contributed by atoms with Crippen LogP contribution in [0.25, 0.3) is 0 Å². The maximum atomic E-state index is 12.9. The van der Waals surface area contributed by atoms with Crippen molar-refractivity contribution in [1.29, 1.82) is 0 Å². The van der Waals surface area contributed by atoms with Crippen LogP contribution in [0.15, 0.2) is 41.0 Å². The van der Waals surface area contributed by atoms with Crippen LogP contribution in [0.3, 0.4) is 0 Å². The minimum atomic E-state index is -0.454. The molecule has 0 radical (unpaired) electrons. The van der Waals surface area contributed by atoms with Crippen molar-refractivity contribution in [2.75, 3.05) is 6.54 Å². The maximum Gasteiger partial charge on any atom is 0.273 e. The summed E-state index contributed by atoms with van der Waals surface area (Å²) in [4.78, 5) is 15.7. The molecule has 1 amide bonds. The number of benzene rings is 1. The van der Waals surface area contributed by atoms with E-state index in [2.05, 4.69) is 16.9 Å². The fourth-order valence-corrected chi connectivity index (χ4v) is 1.76. The van der Waals surface area contributed by atoms with Crippen molar-refractivity contribution < 1.29 is 18.3 Å². The van der Waals surface area contributed by atoms with E-state index in [1.807, 2.05) is 0 Å². The van der Waals surface area contributed by atoms with E-state index in [9.17, 15) is 9.18 Å². The van der Waals surface area contributed by atoms with E-state index in [0.717, 1.165) is 11.6 Å². The molecule has 116 valence electrons. The lowest BCUT2D eigenvalue weighted by atomic mass is 10.3. The number of aromatic nitrogens is 1. The van der Waals surface area contributed by atoms with Gasteiger partial charge in [-0.05, 0) is 25.1 Å². The van der Waals surface area contributed by atoms with Crippen LogP contribution >= 0.6 is 11.6 Å². The van der Waals surface area contributed by atoms with Gasteiger partial charge in [0.2, 0.25) is 5.89 Å². The van der Waals surface area contributed by atoms with E-state index < -0.39 is 5.82 Å². The van der Waals surface area contributed by atoms with Gasteiger partial charge in [-0.1, -0.05) is 23.8 Å². The first-order chi connectivity index (χ1) is 10.5. The highest BCUT2D eigenvalue weighted by Gasteiger charge is 2.13. The van der Waals surface area contributed by atoms with Crippen molar-refractivity contribution in [2.45, 2.75) is 13.5 Å². The van der Waals surface area contributed by atoms with E-state index >= 15 is 0 Å². The van der Waals surface area contributed by atoms with Crippen molar-refractivity contribution in [1.82, 2.24) is 10.3 Å². The average molecular weight is 325 g/mol. The van der Waals surface area contributed by atoms with Gasteiger partial charge >= 0.3 is 0 Å². The number of halogens is 2. The third-order valence-corrected chi connectivity index (χ3v) is 2.88. The molecule has 0 aliphatic carbocycles. The van der Waals surface area contributed by atoms with Gasteiger partial charge in [0.25, 0.3) is 5.91 Å². The summed E-state index contributed by atoms with van der Waals surface area (Å²) >= 11 is 5.83. The monoisotopic (exact) mass is 324 g/mol. The van der Waals surface area contributed by atoms with Crippen LogP contribution in [0.2, 0.25) is 5.02 Å². The minimum absolute atomic E-state index is 0.0287. The first kappa shape index (κ1) is 16.0. The number of hydrogen-bond acceptors (Lipinski definition) is 4. The van der Waals surface area contributed by atoms with Gasteiger partial charge in [0, 0.05) is 6.54 Å². The Morgan fingerprint density at radius 3 is 3.00 bits per heavy atom. The second-order valence-electron chi connectivity index (χ2n) is 4.63. The lowest BCUT2D eigenvalue weighted by molar-refractivity contribution is 0.0952. The van der Waals surface area contributed by atoms with E-state index in [0.29, 0.717) is 12.3 Å². The molecule has 1 N–H and O–H groups in total. The molecular weight excluding hydrogens is 311 g/mol. The molecule has 1 heterocycles.